The first kappa shape index (κ1) is 24.2. The molecule has 1 aromatic carbocycles. The summed E-state index contributed by atoms with van der Waals surface area (Å²) < 4.78 is 20.4. The van der Waals surface area contributed by atoms with Crippen LogP contribution in [0.15, 0.2) is 42.7 Å². The molecular formula is C23H18ClFN6O3S. The van der Waals surface area contributed by atoms with E-state index in [0.717, 1.165) is 11.3 Å². The Hall–Kier alpha value is -3.96. The van der Waals surface area contributed by atoms with Gasteiger partial charge in [0.15, 0.2) is 5.82 Å². The zero-order valence-corrected chi connectivity index (χ0v) is 20.3. The number of pyridine rings is 2. The molecular weight excluding hydrogens is 495 g/mol. The van der Waals surface area contributed by atoms with Gasteiger partial charge in [-0.05, 0) is 44.2 Å². The van der Waals surface area contributed by atoms with E-state index in [4.69, 9.17) is 16.3 Å². The first-order valence-corrected chi connectivity index (χ1v) is 11.3. The molecule has 0 bridgehead atoms. The van der Waals surface area contributed by atoms with Gasteiger partial charge in [0.1, 0.15) is 5.75 Å². The number of halogens is 2. The van der Waals surface area contributed by atoms with Crippen LogP contribution in [0.3, 0.4) is 0 Å². The molecule has 0 aliphatic heterocycles. The standard InChI is InChI=1S/C23H18ClFN6O3S/c1-11-8-15(18-17(34-3)10-27-12(2)19(18)25)16(9-26-11)20(32)29-23-31-30-22(35-23)21(33)28-14-6-4-13(24)5-7-14/h4-10H,1-3H3,(H,28,33)(H,29,31,32). The van der Waals surface area contributed by atoms with E-state index in [0.29, 0.717) is 16.4 Å². The number of nitrogens with one attached hydrogen (secondary N) is 2. The molecule has 178 valence electrons. The fraction of sp³-hybridized carbons (Fsp3) is 0.130. The lowest BCUT2D eigenvalue weighted by Gasteiger charge is -2.14. The molecule has 0 aliphatic rings. The molecule has 4 aromatic rings. The van der Waals surface area contributed by atoms with Crippen LogP contribution in [0.2, 0.25) is 5.02 Å². The van der Waals surface area contributed by atoms with Gasteiger partial charge in [-0.3, -0.25) is 24.9 Å². The summed E-state index contributed by atoms with van der Waals surface area (Å²) in [4.78, 5) is 33.7. The number of hydrogen-bond acceptors (Lipinski definition) is 8. The second-order valence-corrected chi connectivity index (χ2v) is 8.71. The number of rotatable bonds is 6. The molecule has 0 aliphatic carbocycles. The van der Waals surface area contributed by atoms with Crippen LogP contribution in [0, 0.1) is 19.7 Å². The fourth-order valence-electron chi connectivity index (χ4n) is 3.17. The van der Waals surface area contributed by atoms with E-state index >= 15 is 4.39 Å². The van der Waals surface area contributed by atoms with Crippen molar-refractivity contribution in [3.63, 3.8) is 0 Å². The van der Waals surface area contributed by atoms with Gasteiger partial charge < -0.3 is 10.1 Å². The van der Waals surface area contributed by atoms with Crippen molar-refractivity contribution in [1.29, 1.82) is 0 Å². The maximum Gasteiger partial charge on any atom is 0.286 e. The predicted octanol–water partition coefficient (Wildman–Crippen LogP) is 4.92. The molecule has 3 aromatic heterocycles. The smallest absolute Gasteiger partial charge is 0.286 e. The van der Waals surface area contributed by atoms with Gasteiger partial charge >= 0.3 is 0 Å². The van der Waals surface area contributed by atoms with Gasteiger partial charge in [-0.25, -0.2) is 4.39 Å². The van der Waals surface area contributed by atoms with Crippen molar-refractivity contribution < 1.29 is 18.7 Å². The molecule has 3 heterocycles. The molecule has 0 spiro atoms. The topological polar surface area (TPSA) is 119 Å². The minimum absolute atomic E-state index is 0.0370. The molecule has 12 heteroatoms. The van der Waals surface area contributed by atoms with E-state index in [-0.39, 0.29) is 38.3 Å². The second-order valence-electron chi connectivity index (χ2n) is 7.30. The second kappa shape index (κ2) is 10.1. The van der Waals surface area contributed by atoms with Crippen molar-refractivity contribution in [2.75, 3.05) is 17.7 Å². The van der Waals surface area contributed by atoms with Gasteiger partial charge in [-0.15, -0.1) is 10.2 Å². The number of carbonyl (C=O) groups is 2. The molecule has 0 fully saturated rings. The number of methoxy groups -OCH3 is 1. The Balaban J connectivity index is 1.60. The van der Waals surface area contributed by atoms with E-state index in [9.17, 15) is 9.59 Å². The number of aryl methyl sites for hydroxylation is 2. The van der Waals surface area contributed by atoms with Crippen LogP contribution in [0.1, 0.15) is 31.5 Å². The summed E-state index contributed by atoms with van der Waals surface area (Å²) in [5.41, 5.74) is 1.71. The highest BCUT2D eigenvalue weighted by atomic mass is 35.5. The van der Waals surface area contributed by atoms with Gasteiger partial charge in [0.25, 0.3) is 11.8 Å². The van der Waals surface area contributed by atoms with Crippen molar-refractivity contribution in [1.82, 2.24) is 20.2 Å². The van der Waals surface area contributed by atoms with Crippen LogP contribution < -0.4 is 15.4 Å². The third kappa shape index (κ3) is 5.26. The summed E-state index contributed by atoms with van der Waals surface area (Å²) in [6.07, 6.45) is 2.73. The van der Waals surface area contributed by atoms with Crippen LogP contribution in [0.25, 0.3) is 11.1 Å². The zero-order chi connectivity index (χ0) is 25.1. The van der Waals surface area contributed by atoms with Gasteiger partial charge in [0.2, 0.25) is 10.1 Å². The highest BCUT2D eigenvalue weighted by Gasteiger charge is 2.23. The average Bonchev–Trinajstić information content (AvgIpc) is 3.30. The Morgan fingerprint density at radius 3 is 2.49 bits per heavy atom. The minimum atomic E-state index is -0.610. The number of hydrogen-bond donors (Lipinski definition) is 2. The summed E-state index contributed by atoms with van der Waals surface area (Å²) in [6.45, 7) is 3.24. The van der Waals surface area contributed by atoms with E-state index in [1.165, 1.54) is 26.4 Å². The maximum absolute atomic E-state index is 15.1. The minimum Gasteiger partial charge on any atom is -0.494 e. The summed E-state index contributed by atoms with van der Waals surface area (Å²) >= 11 is 6.73. The molecule has 9 nitrogen and oxygen atoms in total. The van der Waals surface area contributed by atoms with Crippen molar-refractivity contribution >= 4 is 45.6 Å². The van der Waals surface area contributed by atoms with Gasteiger partial charge in [0, 0.05) is 28.2 Å². The van der Waals surface area contributed by atoms with Crippen LogP contribution in [0.4, 0.5) is 15.2 Å². The molecule has 0 saturated carbocycles. The van der Waals surface area contributed by atoms with Crippen LogP contribution in [-0.2, 0) is 0 Å². The lowest BCUT2D eigenvalue weighted by Crippen LogP contribution is -2.14. The Morgan fingerprint density at radius 1 is 1.03 bits per heavy atom. The number of aromatic nitrogens is 4. The van der Waals surface area contributed by atoms with Crippen molar-refractivity contribution in [3.8, 4) is 16.9 Å². The lowest BCUT2D eigenvalue weighted by atomic mass is 9.99. The van der Waals surface area contributed by atoms with Crippen LogP contribution >= 0.6 is 22.9 Å². The number of benzene rings is 1. The molecule has 0 atom stereocenters. The maximum atomic E-state index is 15.1. The normalized spacial score (nSPS) is 10.7. The monoisotopic (exact) mass is 512 g/mol. The van der Waals surface area contributed by atoms with Gasteiger partial charge in [-0.2, -0.15) is 0 Å². The Bertz CT molecular complexity index is 1430. The van der Waals surface area contributed by atoms with E-state index in [1.807, 2.05) is 0 Å². The summed E-state index contributed by atoms with van der Waals surface area (Å²) in [6, 6.07) is 8.14. The molecule has 0 radical (unpaired) electrons. The average molecular weight is 513 g/mol. The first-order valence-electron chi connectivity index (χ1n) is 10.1. The van der Waals surface area contributed by atoms with Crippen LogP contribution in [0.5, 0.6) is 5.75 Å². The van der Waals surface area contributed by atoms with Crippen LogP contribution in [-0.4, -0.2) is 39.1 Å². The number of nitrogens with zero attached hydrogens (tertiary/aromatic N) is 4. The quantitative estimate of drug-likeness (QED) is 0.376. The summed E-state index contributed by atoms with van der Waals surface area (Å²) in [5.74, 6) is -1.54. The third-order valence-electron chi connectivity index (χ3n) is 4.88. The van der Waals surface area contributed by atoms with E-state index < -0.39 is 17.6 Å². The van der Waals surface area contributed by atoms with E-state index in [1.54, 1.807) is 37.3 Å². The summed E-state index contributed by atoms with van der Waals surface area (Å²) in [5, 5.41) is 13.6. The first-order chi connectivity index (χ1) is 16.8. The molecule has 2 N–H and O–H groups in total. The zero-order valence-electron chi connectivity index (χ0n) is 18.7. The van der Waals surface area contributed by atoms with Gasteiger partial charge in [-0.1, -0.05) is 22.9 Å². The fourth-order valence-corrected chi connectivity index (χ4v) is 3.93. The van der Waals surface area contributed by atoms with Crippen molar-refractivity contribution in [2.24, 2.45) is 0 Å². The van der Waals surface area contributed by atoms with Gasteiger partial charge in [0.05, 0.1) is 30.1 Å². The Kier molecular flexibility index (Phi) is 6.99. The number of amides is 2. The Morgan fingerprint density at radius 2 is 1.77 bits per heavy atom. The number of anilines is 2. The third-order valence-corrected chi connectivity index (χ3v) is 5.96. The van der Waals surface area contributed by atoms with Crippen molar-refractivity contribution in [3.05, 3.63) is 75.5 Å². The SMILES string of the molecule is COc1cnc(C)c(F)c1-c1cc(C)ncc1C(=O)Nc1nnc(C(=O)Nc2ccc(Cl)cc2)s1. The molecule has 0 saturated heterocycles. The predicted molar refractivity (Wildman–Crippen MR) is 131 cm³/mol. The molecule has 35 heavy (non-hydrogen) atoms. The van der Waals surface area contributed by atoms with Crippen molar-refractivity contribution in [2.45, 2.75) is 13.8 Å². The molecule has 0 unspecified atom stereocenters. The number of ether oxygens (including phenoxy) is 1. The largest absolute Gasteiger partial charge is 0.494 e. The number of carbonyl (C=O) groups excluding carboxylic acids is 2. The highest BCUT2D eigenvalue weighted by molar-refractivity contribution is 7.17. The highest BCUT2D eigenvalue weighted by Crippen LogP contribution is 2.36. The molecule has 2 amide bonds. The van der Waals surface area contributed by atoms with E-state index in [2.05, 4.69) is 30.8 Å². The Labute approximate surface area is 208 Å². The molecule has 4 rings (SSSR count). The summed E-state index contributed by atoms with van der Waals surface area (Å²) in [7, 11) is 1.39. The lowest BCUT2D eigenvalue weighted by molar-refractivity contribution is 0.101.